The highest BCUT2D eigenvalue weighted by Gasteiger charge is 2.16. The predicted molar refractivity (Wildman–Crippen MR) is 96.4 cm³/mol. The van der Waals surface area contributed by atoms with Gasteiger partial charge < -0.3 is 14.5 Å². The van der Waals surface area contributed by atoms with Crippen molar-refractivity contribution in [2.45, 2.75) is 25.6 Å². The average molecular weight is 354 g/mol. The Morgan fingerprint density at radius 2 is 2.15 bits per heavy atom. The predicted octanol–water partition coefficient (Wildman–Crippen LogP) is 3.42. The third kappa shape index (κ3) is 3.52. The molecule has 1 atom stereocenters. The number of nitrogens with one attached hydrogen (secondary N) is 1. The van der Waals surface area contributed by atoms with E-state index in [1.165, 1.54) is 6.07 Å². The van der Waals surface area contributed by atoms with Gasteiger partial charge in [-0.2, -0.15) is 0 Å². The molecule has 26 heavy (non-hydrogen) atoms. The van der Waals surface area contributed by atoms with Gasteiger partial charge in [-0.1, -0.05) is 24.3 Å². The second-order valence-corrected chi connectivity index (χ2v) is 6.39. The van der Waals surface area contributed by atoms with E-state index in [4.69, 9.17) is 9.47 Å². The summed E-state index contributed by atoms with van der Waals surface area (Å²) in [6.45, 7) is 1.43. The summed E-state index contributed by atoms with van der Waals surface area (Å²) >= 11 is 0. The summed E-state index contributed by atoms with van der Waals surface area (Å²) in [5.41, 5.74) is 1.33. The van der Waals surface area contributed by atoms with Crippen molar-refractivity contribution in [3.8, 4) is 11.4 Å². The zero-order valence-electron chi connectivity index (χ0n) is 14.2. The third-order valence-electron chi connectivity index (χ3n) is 4.52. The number of aromatic amines is 1. The number of para-hydroxylation sites is 1. The molecular formula is C20H19FN2O3. The molecule has 4 rings (SSSR count). The lowest BCUT2D eigenvalue weighted by Gasteiger charge is -2.11. The van der Waals surface area contributed by atoms with Crippen molar-refractivity contribution in [1.82, 2.24) is 9.97 Å². The Balaban J connectivity index is 1.53. The van der Waals surface area contributed by atoms with E-state index in [9.17, 15) is 9.18 Å². The van der Waals surface area contributed by atoms with Crippen LogP contribution in [-0.4, -0.2) is 29.3 Å². The quantitative estimate of drug-likeness (QED) is 0.762. The van der Waals surface area contributed by atoms with E-state index >= 15 is 0 Å². The second-order valence-electron chi connectivity index (χ2n) is 6.39. The lowest BCUT2D eigenvalue weighted by molar-refractivity contribution is 0.00983. The van der Waals surface area contributed by atoms with Gasteiger partial charge in [0, 0.05) is 17.7 Å². The Kier molecular flexibility index (Phi) is 4.77. The molecule has 0 spiro atoms. The molecule has 1 fully saturated rings. The van der Waals surface area contributed by atoms with Crippen LogP contribution in [0.15, 0.2) is 47.3 Å². The minimum atomic E-state index is -0.384. The van der Waals surface area contributed by atoms with Crippen molar-refractivity contribution in [3.05, 3.63) is 64.2 Å². The molecule has 6 heteroatoms. The largest absolute Gasteiger partial charge is 0.376 e. The van der Waals surface area contributed by atoms with Crippen molar-refractivity contribution in [2.24, 2.45) is 0 Å². The van der Waals surface area contributed by atoms with Gasteiger partial charge in [0.2, 0.25) is 0 Å². The minimum Gasteiger partial charge on any atom is -0.376 e. The summed E-state index contributed by atoms with van der Waals surface area (Å²) in [6.07, 6.45) is 2.15. The van der Waals surface area contributed by atoms with Gasteiger partial charge in [-0.25, -0.2) is 9.37 Å². The van der Waals surface area contributed by atoms with Crippen LogP contribution in [0.1, 0.15) is 18.4 Å². The molecule has 0 saturated carbocycles. The van der Waals surface area contributed by atoms with Gasteiger partial charge in [0.25, 0.3) is 5.56 Å². The summed E-state index contributed by atoms with van der Waals surface area (Å²) in [5.74, 6) is -0.0370. The molecular weight excluding hydrogens is 335 g/mol. The monoisotopic (exact) mass is 354 g/mol. The Labute approximate surface area is 149 Å². The van der Waals surface area contributed by atoms with Gasteiger partial charge in [0.05, 0.1) is 30.2 Å². The van der Waals surface area contributed by atoms with Gasteiger partial charge in [-0.15, -0.1) is 0 Å². The Morgan fingerprint density at radius 3 is 2.96 bits per heavy atom. The van der Waals surface area contributed by atoms with E-state index in [-0.39, 0.29) is 24.1 Å². The van der Waals surface area contributed by atoms with Crippen LogP contribution in [0.3, 0.4) is 0 Å². The maximum atomic E-state index is 14.4. The molecule has 2 aromatic carbocycles. The Hall–Kier alpha value is -2.57. The van der Waals surface area contributed by atoms with Crippen LogP contribution in [0.2, 0.25) is 0 Å². The van der Waals surface area contributed by atoms with Crippen LogP contribution in [0.4, 0.5) is 4.39 Å². The van der Waals surface area contributed by atoms with Crippen LogP contribution >= 0.6 is 0 Å². The highest BCUT2D eigenvalue weighted by molar-refractivity contribution is 5.79. The summed E-state index contributed by atoms with van der Waals surface area (Å²) in [6, 6.07) is 11.8. The fourth-order valence-corrected chi connectivity index (χ4v) is 3.11. The van der Waals surface area contributed by atoms with Crippen molar-refractivity contribution < 1.29 is 13.9 Å². The standard InChI is InChI=1S/C20H19FN2O3/c21-17-10-13(7-8-14(17)11-25-12-15-4-3-9-26-15)19-22-18-6-2-1-5-16(18)20(24)23-19/h1-2,5-8,10,15H,3-4,9,11-12H2,(H,22,23,24). The summed E-state index contributed by atoms with van der Waals surface area (Å²) in [7, 11) is 0. The van der Waals surface area contributed by atoms with Crippen LogP contribution in [0.25, 0.3) is 22.3 Å². The number of benzene rings is 2. The zero-order chi connectivity index (χ0) is 17.9. The molecule has 1 saturated heterocycles. The van der Waals surface area contributed by atoms with E-state index in [2.05, 4.69) is 9.97 Å². The SMILES string of the molecule is O=c1[nH]c(-c2ccc(COCC3CCCO3)c(F)c2)nc2ccccc12. The first-order valence-electron chi connectivity index (χ1n) is 8.68. The molecule has 0 bridgehead atoms. The molecule has 1 aliphatic heterocycles. The van der Waals surface area contributed by atoms with Crippen LogP contribution in [-0.2, 0) is 16.1 Å². The molecule has 134 valence electrons. The summed E-state index contributed by atoms with van der Waals surface area (Å²) in [5, 5.41) is 0.510. The molecule has 1 unspecified atom stereocenters. The summed E-state index contributed by atoms with van der Waals surface area (Å²) < 4.78 is 25.5. The Bertz CT molecular complexity index is 980. The molecule has 2 heterocycles. The normalized spacial score (nSPS) is 17.0. The molecule has 1 aromatic heterocycles. The number of aromatic nitrogens is 2. The van der Waals surface area contributed by atoms with Crippen LogP contribution < -0.4 is 5.56 Å². The van der Waals surface area contributed by atoms with Crippen LogP contribution in [0.5, 0.6) is 0 Å². The summed E-state index contributed by atoms with van der Waals surface area (Å²) in [4.78, 5) is 19.3. The van der Waals surface area contributed by atoms with Gasteiger partial charge >= 0.3 is 0 Å². The average Bonchev–Trinajstić information content (AvgIpc) is 3.16. The number of H-pyrrole nitrogens is 1. The second kappa shape index (κ2) is 7.35. The fourth-order valence-electron chi connectivity index (χ4n) is 3.11. The maximum Gasteiger partial charge on any atom is 0.259 e. The number of hydrogen-bond donors (Lipinski definition) is 1. The first-order valence-corrected chi connectivity index (χ1v) is 8.68. The topological polar surface area (TPSA) is 64.2 Å². The highest BCUT2D eigenvalue weighted by atomic mass is 19.1. The smallest absolute Gasteiger partial charge is 0.259 e. The van der Waals surface area contributed by atoms with Gasteiger partial charge in [0.15, 0.2) is 0 Å². The highest BCUT2D eigenvalue weighted by Crippen LogP contribution is 2.21. The molecule has 0 aliphatic carbocycles. The lowest BCUT2D eigenvalue weighted by atomic mass is 10.1. The third-order valence-corrected chi connectivity index (χ3v) is 4.52. The van der Waals surface area contributed by atoms with Crippen molar-refractivity contribution >= 4 is 10.9 Å². The molecule has 1 N–H and O–H groups in total. The molecule has 5 nitrogen and oxygen atoms in total. The van der Waals surface area contributed by atoms with E-state index in [0.717, 1.165) is 19.4 Å². The number of rotatable bonds is 5. The lowest BCUT2D eigenvalue weighted by Crippen LogP contribution is -2.14. The minimum absolute atomic E-state index is 0.115. The van der Waals surface area contributed by atoms with Crippen molar-refractivity contribution in [1.29, 1.82) is 0 Å². The van der Waals surface area contributed by atoms with Crippen molar-refractivity contribution in [2.75, 3.05) is 13.2 Å². The van der Waals surface area contributed by atoms with E-state index in [1.807, 2.05) is 6.07 Å². The van der Waals surface area contributed by atoms with Gasteiger partial charge in [0.1, 0.15) is 11.6 Å². The number of hydrogen-bond acceptors (Lipinski definition) is 4. The first-order chi connectivity index (χ1) is 12.7. The molecule has 1 aliphatic rings. The fraction of sp³-hybridized carbons (Fsp3) is 0.300. The Morgan fingerprint density at radius 1 is 1.27 bits per heavy atom. The molecule has 0 amide bonds. The van der Waals surface area contributed by atoms with Gasteiger partial charge in [-0.05, 0) is 31.0 Å². The first kappa shape index (κ1) is 16.9. The number of fused-ring (bicyclic) bond motifs is 1. The molecule has 3 aromatic rings. The number of halogens is 1. The number of nitrogens with zero attached hydrogens (tertiary/aromatic N) is 1. The van der Waals surface area contributed by atoms with Gasteiger partial charge in [-0.3, -0.25) is 4.79 Å². The van der Waals surface area contributed by atoms with E-state index in [0.29, 0.717) is 34.5 Å². The van der Waals surface area contributed by atoms with E-state index in [1.54, 1.807) is 30.3 Å². The molecule has 0 radical (unpaired) electrons. The maximum absolute atomic E-state index is 14.4. The van der Waals surface area contributed by atoms with Crippen LogP contribution in [0, 0.1) is 5.82 Å². The van der Waals surface area contributed by atoms with E-state index < -0.39 is 0 Å². The van der Waals surface area contributed by atoms with Crippen molar-refractivity contribution in [3.63, 3.8) is 0 Å². The zero-order valence-corrected chi connectivity index (χ0v) is 14.2. The number of ether oxygens (including phenoxy) is 2.